The van der Waals surface area contributed by atoms with Gasteiger partial charge >= 0.3 is 195 Å². The maximum atomic E-state index is 12.1. The molecule has 3 aromatic rings. The van der Waals surface area contributed by atoms with Crippen molar-refractivity contribution in [3.8, 4) is 0 Å². The molecule has 1 aliphatic rings. The third-order valence-electron chi connectivity index (χ3n) is 8.03. The molecular weight excluding hydrogens is 483 g/mol. The average Bonchev–Trinajstić information content (AvgIpc) is 2.97. The predicted octanol–water partition coefficient (Wildman–Crippen LogP) is 7.25. The van der Waals surface area contributed by atoms with E-state index in [4.69, 9.17) is 0 Å². The van der Waals surface area contributed by atoms with Gasteiger partial charge in [0.1, 0.15) is 0 Å². The van der Waals surface area contributed by atoms with Crippen LogP contribution in [0, 0.1) is 0 Å². The molecule has 0 bridgehead atoms. The van der Waals surface area contributed by atoms with Gasteiger partial charge in [0.15, 0.2) is 5.78 Å². The smallest absolute Gasteiger partial charge is 0.290 e. The van der Waals surface area contributed by atoms with Crippen molar-refractivity contribution in [3.63, 3.8) is 0 Å². The molecule has 38 heavy (non-hydrogen) atoms. The minimum atomic E-state index is -2.10. The molecule has 198 valence electrons. The normalized spacial score (nSPS) is 14.2. The average molecular weight is 525 g/mol. The van der Waals surface area contributed by atoms with E-state index in [2.05, 4.69) is 91.0 Å². The van der Waals surface area contributed by atoms with Crippen LogP contribution in [0.3, 0.4) is 0 Å². The standard InChI is InChI=1S/C35H41O2P/c1-29-33(35(37)27-26-34(29)36)25-17-6-4-2-3-5-7-18-28-38(30-19-11-8-12-20-30,31-21-13-9-14-22-31)32-23-15-10-16-24-32/h8-16,19-24,26-27,38H,2-7,17-18,25,28H2,1H3. The topological polar surface area (TPSA) is 34.1 Å². The van der Waals surface area contributed by atoms with Crippen LogP contribution in [0.2, 0.25) is 0 Å². The zero-order chi connectivity index (χ0) is 26.6. The number of ketones is 2. The van der Waals surface area contributed by atoms with Crippen LogP contribution in [0.15, 0.2) is 114 Å². The van der Waals surface area contributed by atoms with Crippen molar-refractivity contribution in [3.05, 3.63) is 114 Å². The van der Waals surface area contributed by atoms with Crippen LogP contribution < -0.4 is 15.9 Å². The van der Waals surface area contributed by atoms with Crippen LogP contribution in [0.5, 0.6) is 0 Å². The Morgan fingerprint density at radius 3 is 1.37 bits per heavy atom. The molecule has 0 saturated heterocycles. The first-order chi connectivity index (χ1) is 18.6. The van der Waals surface area contributed by atoms with Gasteiger partial charge in [-0.2, -0.15) is 0 Å². The molecule has 1 aliphatic carbocycles. The molecule has 0 unspecified atom stereocenters. The van der Waals surface area contributed by atoms with E-state index in [-0.39, 0.29) is 11.6 Å². The Bertz CT molecular complexity index is 1150. The molecule has 0 fully saturated rings. The zero-order valence-electron chi connectivity index (χ0n) is 22.7. The summed E-state index contributed by atoms with van der Waals surface area (Å²) in [6.45, 7) is 1.78. The van der Waals surface area contributed by atoms with Gasteiger partial charge in [0.05, 0.1) is 0 Å². The summed E-state index contributed by atoms with van der Waals surface area (Å²) in [4.78, 5) is 23.9. The molecule has 2 nitrogen and oxygen atoms in total. The molecule has 0 N–H and O–H groups in total. The summed E-state index contributed by atoms with van der Waals surface area (Å²) in [7, 11) is -2.10. The molecule has 3 heteroatoms. The van der Waals surface area contributed by atoms with E-state index in [1.54, 1.807) is 6.92 Å². The second-order valence-electron chi connectivity index (χ2n) is 10.5. The van der Waals surface area contributed by atoms with Crippen molar-refractivity contribution in [1.82, 2.24) is 0 Å². The van der Waals surface area contributed by atoms with Crippen LogP contribution in [0.1, 0.15) is 64.7 Å². The number of carbonyl (C=O) groups is 2. The van der Waals surface area contributed by atoms with E-state index in [1.807, 2.05) is 0 Å². The van der Waals surface area contributed by atoms with E-state index >= 15 is 0 Å². The number of benzene rings is 3. The van der Waals surface area contributed by atoms with Gasteiger partial charge in [0.25, 0.3) is 0 Å². The molecule has 0 atom stereocenters. The van der Waals surface area contributed by atoms with Gasteiger partial charge in [-0.25, -0.2) is 0 Å². The summed E-state index contributed by atoms with van der Waals surface area (Å²) in [5, 5.41) is 4.49. The van der Waals surface area contributed by atoms with Gasteiger partial charge in [0.2, 0.25) is 0 Å². The fourth-order valence-electron chi connectivity index (χ4n) is 5.87. The quantitative estimate of drug-likeness (QED) is 0.126. The summed E-state index contributed by atoms with van der Waals surface area (Å²) in [6, 6.07) is 33.6. The predicted molar refractivity (Wildman–Crippen MR) is 165 cm³/mol. The Balaban J connectivity index is 1.28. The van der Waals surface area contributed by atoms with Gasteiger partial charge in [-0.15, -0.1) is 0 Å². The summed E-state index contributed by atoms with van der Waals surface area (Å²) >= 11 is 0. The molecule has 0 saturated carbocycles. The summed E-state index contributed by atoms with van der Waals surface area (Å²) in [5.41, 5.74) is 1.36. The number of rotatable bonds is 14. The van der Waals surface area contributed by atoms with Crippen molar-refractivity contribution in [2.75, 3.05) is 6.16 Å². The first kappa shape index (κ1) is 27.9. The summed E-state index contributed by atoms with van der Waals surface area (Å²) in [6.07, 6.45) is 14.3. The third-order valence-corrected chi connectivity index (χ3v) is 13.1. The van der Waals surface area contributed by atoms with Crippen molar-refractivity contribution in [1.29, 1.82) is 0 Å². The maximum absolute atomic E-state index is 12.1. The number of carbonyl (C=O) groups excluding carboxylic acids is 2. The van der Waals surface area contributed by atoms with Crippen molar-refractivity contribution < 1.29 is 9.59 Å². The van der Waals surface area contributed by atoms with Gasteiger partial charge < -0.3 is 0 Å². The van der Waals surface area contributed by atoms with E-state index in [0.717, 1.165) is 24.8 Å². The molecule has 0 heterocycles. The molecule has 0 amide bonds. The number of hydrogen-bond acceptors (Lipinski definition) is 2. The van der Waals surface area contributed by atoms with Crippen molar-refractivity contribution in [2.24, 2.45) is 0 Å². The Morgan fingerprint density at radius 1 is 0.500 bits per heavy atom. The molecule has 0 aromatic heterocycles. The minimum absolute atomic E-state index is 0.0153. The van der Waals surface area contributed by atoms with Gasteiger partial charge in [-0.05, 0) is 19.1 Å². The van der Waals surface area contributed by atoms with Crippen molar-refractivity contribution in [2.45, 2.75) is 64.7 Å². The van der Waals surface area contributed by atoms with Gasteiger partial charge in [-0.1, -0.05) is 0 Å². The molecule has 0 radical (unpaired) electrons. The van der Waals surface area contributed by atoms with Crippen molar-refractivity contribution >= 4 is 34.7 Å². The molecule has 0 aliphatic heterocycles. The van der Waals surface area contributed by atoms with Crippen LogP contribution in [0.4, 0.5) is 0 Å². The first-order valence-corrected chi connectivity index (χ1v) is 16.5. The second-order valence-corrected chi connectivity index (χ2v) is 14.5. The fourth-order valence-corrected chi connectivity index (χ4v) is 10.8. The van der Waals surface area contributed by atoms with E-state index < -0.39 is 7.26 Å². The third kappa shape index (κ3) is 6.86. The summed E-state index contributed by atoms with van der Waals surface area (Å²) in [5.74, 6) is 0.00158. The Kier molecular flexibility index (Phi) is 10.4. The summed E-state index contributed by atoms with van der Waals surface area (Å²) < 4.78 is 0. The van der Waals surface area contributed by atoms with Crippen LogP contribution >= 0.6 is 7.26 Å². The monoisotopic (exact) mass is 524 g/mol. The van der Waals surface area contributed by atoms with Crippen LogP contribution in [-0.2, 0) is 9.59 Å². The minimum Gasteiger partial charge on any atom is -0.290 e. The SMILES string of the molecule is CC1=C(CCCCCCCCCC[PH](c2ccccc2)(c2ccccc2)c2ccccc2)C(=O)C=CC1=O. The first-order valence-electron chi connectivity index (χ1n) is 14.3. The van der Waals surface area contributed by atoms with Gasteiger partial charge in [0, 0.05) is 0 Å². The molecule has 4 rings (SSSR count). The second kappa shape index (κ2) is 14.2. The van der Waals surface area contributed by atoms with E-state index in [1.165, 1.54) is 72.8 Å². The Labute approximate surface area is 229 Å². The molecule has 0 spiro atoms. The number of allylic oxidation sites excluding steroid dienone is 4. The van der Waals surface area contributed by atoms with Crippen LogP contribution in [0.25, 0.3) is 0 Å². The zero-order valence-corrected chi connectivity index (χ0v) is 23.7. The molecular formula is C35H41O2P. The molecule has 3 aromatic carbocycles. The van der Waals surface area contributed by atoms with E-state index in [9.17, 15) is 9.59 Å². The van der Waals surface area contributed by atoms with E-state index in [0.29, 0.717) is 5.57 Å². The fraction of sp³-hybridized carbons (Fsp3) is 0.314. The Hall–Kier alpha value is -3.09. The number of unbranched alkanes of at least 4 members (excludes halogenated alkanes) is 7. The number of hydrogen-bond donors (Lipinski definition) is 0. The van der Waals surface area contributed by atoms with Gasteiger partial charge in [-0.3, -0.25) is 9.59 Å². The van der Waals surface area contributed by atoms with Crippen LogP contribution in [-0.4, -0.2) is 17.7 Å². The Morgan fingerprint density at radius 2 is 0.895 bits per heavy atom.